The number of carbonyl (C=O) groups is 2. The zero-order valence-corrected chi connectivity index (χ0v) is 12.5. The number of amides is 3. The average Bonchev–Trinajstić information content (AvgIpc) is 2.53. The highest BCUT2D eigenvalue weighted by atomic mass is 16.2. The molecule has 0 aliphatic carbocycles. The van der Waals surface area contributed by atoms with Gasteiger partial charge in [0, 0.05) is 31.5 Å². The number of aromatic nitrogens is 1. The molecule has 1 heterocycles. The molecule has 2 rings (SSSR count). The average molecular weight is 298 g/mol. The summed E-state index contributed by atoms with van der Waals surface area (Å²) in [6, 6.07) is 12.0. The smallest absolute Gasteiger partial charge is 0.319 e. The largest absolute Gasteiger partial charge is 0.345 e. The first kappa shape index (κ1) is 15.5. The maximum absolute atomic E-state index is 11.9. The fraction of sp³-hybridized carbons (Fsp3) is 0.188. The summed E-state index contributed by atoms with van der Waals surface area (Å²) < 4.78 is 0. The number of urea groups is 1. The third-order valence-corrected chi connectivity index (χ3v) is 2.93. The van der Waals surface area contributed by atoms with E-state index in [0.717, 1.165) is 5.69 Å². The maximum atomic E-state index is 11.9. The van der Waals surface area contributed by atoms with Crippen molar-refractivity contribution < 1.29 is 9.59 Å². The van der Waals surface area contributed by atoms with E-state index in [2.05, 4.69) is 15.6 Å². The molecular formula is C16H18N4O2. The van der Waals surface area contributed by atoms with E-state index in [1.54, 1.807) is 44.6 Å². The molecule has 0 saturated carbocycles. The number of anilines is 1. The van der Waals surface area contributed by atoms with Gasteiger partial charge in [0.2, 0.25) is 0 Å². The number of hydrogen-bond acceptors (Lipinski definition) is 3. The molecule has 2 aromatic rings. The Hall–Kier alpha value is -2.89. The van der Waals surface area contributed by atoms with Crippen LogP contribution in [0.3, 0.4) is 0 Å². The molecule has 0 aliphatic rings. The summed E-state index contributed by atoms with van der Waals surface area (Å²) in [4.78, 5) is 29.3. The summed E-state index contributed by atoms with van der Waals surface area (Å²) >= 11 is 0. The number of rotatable bonds is 4. The predicted molar refractivity (Wildman–Crippen MR) is 84.6 cm³/mol. The first-order chi connectivity index (χ1) is 10.6. The summed E-state index contributed by atoms with van der Waals surface area (Å²) in [5.74, 6) is -0.113. The molecule has 0 bridgehead atoms. The number of pyridine rings is 1. The summed E-state index contributed by atoms with van der Waals surface area (Å²) in [6.45, 7) is 0.336. The number of hydrogen-bond donors (Lipinski definition) is 2. The highest BCUT2D eigenvalue weighted by Crippen LogP contribution is 2.11. The summed E-state index contributed by atoms with van der Waals surface area (Å²) in [5.41, 5.74) is 1.85. The molecule has 0 atom stereocenters. The molecule has 1 aromatic heterocycles. The van der Waals surface area contributed by atoms with Crippen LogP contribution in [0.2, 0.25) is 0 Å². The molecule has 0 radical (unpaired) electrons. The van der Waals surface area contributed by atoms with Crippen LogP contribution < -0.4 is 10.6 Å². The van der Waals surface area contributed by atoms with Crippen LogP contribution in [0.25, 0.3) is 0 Å². The normalized spacial score (nSPS) is 9.91. The van der Waals surface area contributed by atoms with E-state index in [4.69, 9.17) is 0 Å². The minimum atomic E-state index is -0.347. The predicted octanol–water partition coefficient (Wildman–Crippen LogP) is 2.11. The molecule has 6 heteroatoms. The van der Waals surface area contributed by atoms with Crippen molar-refractivity contribution in [1.29, 1.82) is 0 Å². The van der Waals surface area contributed by atoms with Gasteiger partial charge in [0.1, 0.15) is 0 Å². The van der Waals surface area contributed by atoms with Crippen LogP contribution in [0, 0.1) is 0 Å². The Morgan fingerprint density at radius 2 is 1.95 bits per heavy atom. The van der Waals surface area contributed by atoms with Crippen LogP contribution in [0.15, 0.2) is 48.7 Å². The number of benzene rings is 1. The molecule has 0 saturated heterocycles. The number of carbonyl (C=O) groups excluding carboxylic acids is 2. The molecule has 0 unspecified atom stereocenters. The van der Waals surface area contributed by atoms with Crippen molar-refractivity contribution in [2.45, 2.75) is 6.54 Å². The quantitative estimate of drug-likeness (QED) is 0.908. The Kier molecular flexibility index (Phi) is 5.08. The van der Waals surface area contributed by atoms with Gasteiger partial charge in [-0.25, -0.2) is 4.79 Å². The van der Waals surface area contributed by atoms with Gasteiger partial charge in [-0.05, 0) is 30.3 Å². The number of nitrogens with zero attached hydrogens (tertiary/aromatic N) is 2. The van der Waals surface area contributed by atoms with E-state index in [1.165, 1.54) is 4.90 Å². The van der Waals surface area contributed by atoms with Crippen LogP contribution >= 0.6 is 0 Å². The first-order valence-electron chi connectivity index (χ1n) is 6.83. The fourth-order valence-electron chi connectivity index (χ4n) is 1.84. The van der Waals surface area contributed by atoms with E-state index < -0.39 is 0 Å². The van der Waals surface area contributed by atoms with Crippen molar-refractivity contribution >= 4 is 17.6 Å². The van der Waals surface area contributed by atoms with Crippen molar-refractivity contribution in [3.05, 3.63) is 59.9 Å². The molecule has 0 spiro atoms. The topological polar surface area (TPSA) is 74.3 Å². The molecule has 0 fully saturated rings. The second kappa shape index (κ2) is 7.21. The van der Waals surface area contributed by atoms with E-state index in [-0.39, 0.29) is 11.9 Å². The third-order valence-electron chi connectivity index (χ3n) is 2.93. The van der Waals surface area contributed by atoms with Gasteiger partial charge in [-0.1, -0.05) is 12.1 Å². The van der Waals surface area contributed by atoms with Gasteiger partial charge in [0.15, 0.2) is 0 Å². The Balaban J connectivity index is 1.94. The molecule has 22 heavy (non-hydrogen) atoms. The molecule has 0 aliphatic heterocycles. The van der Waals surface area contributed by atoms with Gasteiger partial charge in [-0.15, -0.1) is 0 Å². The fourth-order valence-corrected chi connectivity index (χ4v) is 1.84. The lowest BCUT2D eigenvalue weighted by Crippen LogP contribution is -2.28. The van der Waals surface area contributed by atoms with Crippen LogP contribution in [0.1, 0.15) is 16.1 Å². The molecule has 3 amide bonds. The Labute approximate surface area is 129 Å². The third kappa shape index (κ3) is 4.31. The van der Waals surface area contributed by atoms with Crippen LogP contribution in [-0.2, 0) is 6.54 Å². The zero-order valence-electron chi connectivity index (χ0n) is 12.5. The van der Waals surface area contributed by atoms with Gasteiger partial charge >= 0.3 is 6.03 Å². The van der Waals surface area contributed by atoms with Crippen LogP contribution in [-0.4, -0.2) is 35.9 Å². The van der Waals surface area contributed by atoms with E-state index in [9.17, 15) is 9.59 Å². The van der Waals surface area contributed by atoms with Gasteiger partial charge in [0.25, 0.3) is 5.91 Å². The SMILES string of the molecule is CN(C)C(=O)c1cccc(NC(=O)NCc2ccccn2)c1. The van der Waals surface area contributed by atoms with Crippen molar-refractivity contribution in [2.75, 3.05) is 19.4 Å². The number of nitrogens with one attached hydrogen (secondary N) is 2. The lowest BCUT2D eigenvalue weighted by molar-refractivity contribution is 0.0827. The molecule has 6 nitrogen and oxygen atoms in total. The summed E-state index contributed by atoms with van der Waals surface area (Å²) in [5, 5.41) is 5.41. The summed E-state index contributed by atoms with van der Waals surface area (Å²) in [6.07, 6.45) is 1.67. The van der Waals surface area contributed by atoms with Gasteiger partial charge in [0.05, 0.1) is 12.2 Å². The molecule has 2 N–H and O–H groups in total. The Morgan fingerprint density at radius 3 is 2.64 bits per heavy atom. The molecular weight excluding hydrogens is 280 g/mol. The minimum absolute atomic E-state index is 0.113. The highest BCUT2D eigenvalue weighted by Gasteiger charge is 2.09. The van der Waals surface area contributed by atoms with E-state index in [0.29, 0.717) is 17.8 Å². The van der Waals surface area contributed by atoms with Crippen LogP contribution in [0.4, 0.5) is 10.5 Å². The van der Waals surface area contributed by atoms with E-state index >= 15 is 0 Å². The second-order valence-electron chi connectivity index (χ2n) is 4.91. The van der Waals surface area contributed by atoms with Crippen molar-refractivity contribution in [1.82, 2.24) is 15.2 Å². The first-order valence-corrected chi connectivity index (χ1v) is 6.83. The van der Waals surface area contributed by atoms with Crippen molar-refractivity contribution in [3.8, 4) is 0 Å². The highest BCUT2D eigenvalue weighted by molar-refractivity contribution is 5.96. The van der Waals surface area contributed by atoms with E-state index in [1.807, 2.05) is 18.2 Å². The lowest BCUT2D eigenvalue weighted by Gasteiger charge is -2.12. The monoisotopic (exact) mass is 298 g/mol. The van der Waals surface area contributed by atoms with Crippen molar-refractivity contribution in [3.63, 3.8) is 0 Å². The van der Waals surface area contributed by atoms with Crippen molar-refractivity contribution in [2.24, 2.45) is 0 Å². The second-order valence-corrected chi connectivity index (χ2v) is 4.91. The van der Waals surface area contributed by atoms with Gasteiger partial charge in [-0.3, -0.25) is 9.78 Å². The minimum Gasteiger partial charge on any atom is -0.345 e. The maximum Gasteiger partial charge on any atom is 0.319 e. The summed E-state index contributed by atoms with van der Waals surface area (Å²) in [7, 11) is 3.37. The Morgan fingerprint density at radius 1 is 1.14 bits per heavy atom. The van der Waals surface area contributed by atoms with Gasteiger partial charge in [-0.2, -0.15) is 0 Å². The molecule has 114 valence electrons. The lowest BCUT2D eigenvalue weighted by atomic mass is 10.2. The molecule has 1 aromatic carbocycles. The standard InChI is InChI=1S/C16H18N4O2/c1-20(2)15(21)12-6-5-8-13(10-12)19-16(22)18-11-14-7-3-4-9-17-14/h3-10H,11H2,1-2H3,(H2,18,19,22). The Bertz CT molecular complexity index is 656. The van der Waals surface area contributed by atoms with Crippen LogP contribution in [0.5, 0.6) is 0 Å². The zero-order chi connectivity index (χ0) is 15.9. The van der Waals surface area contributed by atoms with Gasteiger partial charge < -0.3 is 15.5 Å².